The van der Waals surface area contributed by atoms with Gasteiger partial charge in [-0.2, -0.15) is 5.10 Å². The number of likely N-dealkylation sites (tertiary alicyclic amines) is 1. The monoisotopic (exact) mass is 361 g/mol. The molecule has 0 N–H and O–H groups in total. The Balaban J connectivity index is 1.58. The fraction of sp³-hybridized carbons (Fsp3) is 0.474. The highest BCUT2D eigenvalue weighted by Crippen LogP contribution is 2.22. The lowest BCUT2D eigenvalue weighted by Crippen LogP contribution is -2.42. The van der Waals surface area contributed by atoms with Gasteiger partial charge in [-0.15, -0.1) is 0 Å². The molecule has 134 valence electrons. The van der Waals surface area contributed by atoms with Gasteiger partial charge in [0.15, 0.2) is 0 Å². The highest BCUT2D eigenvalue weighted by molar-refractivity contribution is 6.30. The number of aromatic nitrogens is 2. The maximum Gasteiger partial charge on any atom is 0.272 e. The van der Waals surface area contributed by atoms with Crippen molar-refractivity contribution in [1.82, 2.24) is 14.7 Å². The molecule has 0 unspecified atom stereocenters. The summed E-state index contributed by atoms with van der Waals surface area (Å²) in [6.45, 7) is 5.55. The van der Waals surface area contributed by atoms with Gasteiger partial charge in [-0.3, -0.25) is 9.48 Å². The van der Waals surface area contributed by atoms with Crippen LogP contribution in [0.4, 0.5) is 0 Å². The molecule has 5 nitrogen and oxygen atoms in total. The number of ether oxygens (including phenoxy) is 1. The van der Waals surface area contributed by atoms with E-state index in [1.165, 1.54) is 0 Å². The van der Waals surface area contributed by atoms with Crippen molar-refractivity contribution in [2.75, 3.05) is 13.1 Å². The molecular weight excluding hydrogens is 338 g/mol. The molecule has 3 rings (SSSR count). The summed E-state index contributed by atoms with van der Waals surface area (Å²) >= 11 is 5.89. The van der Waals surface area contributed by atoms with Gasteiger partial charge in [0.05, 0.1) is 5.69 Å². The molecule has 1 aliphatic rings. The van der Waals surface area contributed by atoms with Crippen molar-refractivity contribution in [3.63, 3.8) is 0 Å². The van der Waals surface area contributed by atoms with Gasteiger partial charge >= 0.3 is 0 Å². The lowest BCUT2D eigenvalue weighted by molar-refractivity contribution is 0.0585. The van der Waals surface area contributed by atoms with E-state index in [2.05, 4.69) is 18.9 Å². The van der Waals surface area contributed by atoms with Gasteiger partial charge in [0.2, 0.25) is 0 Å². The molecule has 25 heavy (non-hydrogen) atoms. The Kier molecular flexibility index (Phi) is 5.33. The molecule has 2 aromatic rings. The Hall–Kier alpha value is -2.01. The lowest BCUT2D eigenvalue weighted by Gasteiger charge is -2.32. The summed E-state index contributed by atoms with van der Waals surface area (Å²) in [7, 11) is 1.83. The molecule has 0 aliphatic carbocycles. The normalized spacial score (nSPS) is 15.6. The number of nitrogens with zero attached hydrogens (tertiary/aromatic N) is 3. The van der Waals surface area contributed by atoms with Gasteiger partial charge in [0.25, 0.3) is 5.91 Å². The van der Waals surface area contributed by atoms with Crippen LogP contribution in [-0.4, -0.2) is 39.8 Å². The van der Waals surface area contributed by atoms with Crippen LogP contribution in [0.3, 0.4) is 0 Å². The zero-order valence-corrected chi connectivity index (χ0v) is 15.7. The molecule has 6 heteroatoms. The lowest BCUT2D eigenvalue weighted by atomic mass is 10.1. The topological polar surface area (TPSA) is 47.4 Å². The number of aryl methyl sites for hydroxylation is 1. The van der Waals surface area contributed by atoms with E-state index in [0.717, 1.165) is 24.3 Å². The predicted octanol–water partition coefficient (Wildman–Crippen LogP) is 3.88. The summed E-state index contributed by atoms with van der Waals surface area (Å²) in [5, 5.41) is 5.14. The van der Waals surface area contributed by atoms with E-state index in [0.29, 0.717) is 29.7 Å². The van der Waals surface area contributed by atoms with E-state index in [1.54, 1.807) is 4.68 Å². The van der Waals surface area contributed by atoms with E-state index in [1.807, 2.05) is 42.3 Å². The van der Waals surface area contributed by atoms with E-state index in [9.17, 15) is 4.79 Å². The van der Waals surface area contributed by atoms with Crippen LogP contribution in [0, 0.1) is 0 Å². The maximum absolute atomic E-state index is 12.8. The summed E-state index contributed by atoms with van der Waals surface area (Å²) < 4.78 is 7.68. The Labute approximate surface area is 153 Å². The Morgan fingerprint density at radius 1 is 1.24 bits per heavy atom. The molecule has 0 saturated carbocycles. The fourth-order valence-electron chi connectivity index (χ4n) is 3.02. The predicted molar refractivity (Wildman–Crippen MR) is 98.3 cm³/mol. The first-order chi connectivity index (χ1) is 11.9. The van der Waals surface area contributed by atoms with Gasteiger partial charge in [0, 0.05) is 38.0 Å². The Morgan fingerprint density at radius 3 is 2.44 bits per heavy atom. The minimum atomic E-state index is 0.0480. The third-order valence-corrected chi connectivity index (χ3v) is 4.81. The number of hydrogen-bond donors (Lipinski definition) is 0. The van der Waals surface area contributed by atoms with E-state index >= 15 is 0 Å². The SMILES string of the molecule is CC(C)c1cc(C(=O)N2CCC(Oc3ccc(Cl)cc3)CC2)n(C)n1. The number of carbonyl (C=O) groups excluding carboxylic acids is 1. The van der Waals surface area contributed by atoms with Crippen molar-refractivity contribution >= 4 is 17.5 Å². The summed E-state index contributed by atoms with van der Waals surface area (Å²) in [6, 6.07) is 9.31. The van der Waals surface area contributed by atoms with Crippen molar-refractivity contribution in [2.45, 2.75) is 38.7 Å². The molecule has 0 radical (unpaired) electrons. The first kappa shape index (κ1) is 17.8. The summed E-state index contributed by atoms with van der Waals surface area (Å²) in [6.07, 6.45) is 1.77. The number of rotatable bonds is 4. The van der Waals surface area contributed by atoms with Crippen LogP contribution < -0.4 is 4.74 Å². The second kappa shape index (κ2) is 7.48. The van der Waals surface area contributed by atoms with Gasteiger partial charge in [-0.25, -0.2) is 0 Å². The van der Waals surface area contributed by atoms with Gasteiger partial charge in [-0.1, -0.05) is 25.4 Å². The summed E-state index contributed by atoms with van der Waals surface area (Å²) in [5.74, 6) is 1.18. The number of benzene rings is 1. The molecular formula is C19H24ClN3O2. The second-order valence-electron chi connectivity index (χ2n) is 6.80. The molecule has 2 heterocycles. The van der Waals surface area contributed by atoms with Crippen molar-refractivity contribution in [1.29, 1.82) is 0 Å². The highest BCUT2D eigenvalue weighted by Gasteiger charge is 2.27. The smallest absolute Gasteiger partial charge is 0.272 e. The van der Waals surface area contributed by atoms with Crippen LogP contribution >= 0.6 is 11.6 Å². The van der Waals surface area contributed by atoms with Crippen LogP contribution in [0.15, 0.2) is 30.3 Å². The molecule has 1 aromatic carbocycles. The molecule has 1 aliphatic heterocycles. The van der Waals surface area contributed by atoms with Crippen molar-refractivity contribution < 1.29 is 9.53 Å². The number of amides is 1. The summed E-state index contributed by atoms with van der Waals surface area (Å²) in [4.78, 5) is 14.7. The fourth-order valence-corrected chi connectivity index (χ4v) is 3.14. The number of carbonyl (C=O) groups is 1. The molecule has 1 saturated heterocycles. The number of hydrogen-bond acceptors (Lipinski definition) is 3. The molecule has 1 amide bonds. The van der Waals surface area contributed by atoms with Crippen LogP contribution in [0.1, 0.15) is 48.8 Å². The van der Waals surface area contributed by atoms with E-state index in [4.69, 9.17) is 16.3 Å². The van der Waals surface area contributed by atoms with Crippen molar-refractivity contribution in [3.05, 3.63) is 46.7 Å². The van der Waals surface area contributed by atoms with Gasteiger partial charge < -0.3 is 9.64 Å². The van der Waals surface area contributed by atoms with Gasteiger partial charge in [-0.05, 0) is 36.2 Å². The molecule has 0 spiro atoms. The standard InChI is InChI=1S/C19H24ClN3O2/c1-13(2)17-12-18(22(3)21-17)19(24)23-10-8-16(9-11-23)25-15-6-4-14(20)5-7-15/h4-7,12-13,16H,8-11H2,1-3H3. The molecule has 1 aromatic heterocycles. The minimum absolute atomic E-state index is 0.0480. The van der Waals surface area contributed by atoms with Crippen LogP contribution in [0.2, 0.25) is 5.02 Å². The van der Waals surface area contributed by atoms with Gasteiger partial charge in [0.1, 0.15) is 17.5 Å². The number of halogens is 1. The van der Waals surface area contributed by atoms with Crippen molar-refractivity contribution in [2.24, 2.45) is 7.05 Å². The number of piperidine rings is 1. The van der Waals surface area contributed by atoms with Crippen molar-refractivity contribution in [3.8, 4) is 5.75 Å². The first-order valence-corrected chi connectivity index (χ1v) is 9.07. The first-order valence-electron chi connectivity index (χ1n) is 8.69. The maximum atomic E-state index is 12.8. The molecule has 0 bridgehead atoms. The van der Waals surface area contributed by atoms with E-state index < -0.39 is 0 Å². The highest BCUT2D eigenvalue weighted by atomic mass is 35.5. The molecule has 0 atom stereocenters. The quantitative estimate of drug-likeness (QED) is 0.830. The minimum Gasteiger partial charge on any atom is -0.490 e. The average Bonchev–Trinajstić information content (AvgIpc) is 2.99. The third-order valence-electron chi connectivity index (χ3n) is 4.55. The molecule has 1 fully saturated rings. The largest absolute Gasteiger partial charge is 0.490 e. The average molecular weight is 362 g/mol. The van der Waals surface area contributed by atoms with Crippen LogP contribution in [0.5, 0.6) is 5.75 Å². The second-order valence-corrected chi connectivity index (χ2v) is 7.23. The Bertz CT molecular complexity index is 732. The third kappa shape index (κ3) is 4.15. The Morgan fingerprint density at radius 2 is 1.88 bits per heavy atom. The zero-order valence-electron chi connectivity index (χ0n) is 14.9. The van der Waals surface area contributed by atoms with Crippen LogP contribution in [0.25, 0.3) is 0 Å². The summed E-state index contributed by atoms with van der Waals surface area (Å²) in [5.41, 5.74) is 1.60. The van der Waals surface area contributed by atoms with Crippen LogP contribution in [-0.2, 0) is 7.05 Å². The van der Waals surface area contributed by atoms with E-state index in [-0.39, 0.29) is 12.0 Å². The zero-order chi connectivity index (χ0) is 18.0.